The van der Waals surface area contributed by atoms with Gasteiger partial charge in [0.05, 0.1) is 23.4 Å². The number of anilines is 2. The van der Waals surface area contributed by atoms with Crippen molar-refractivity contribution >= 4 is 51.3 Å². The lowest BCUT2D eigenvalue weighted by Crippen LogP contribution is -2.01. The van der Waals surface area contributed by atoms with Crippen LogP contribution in [0.1, 0.15) is 10.4 Å². The van der Waals surface area contributed by atoms with E-state index in [2.05, 4.69) is 10.3 Å². The summed E-state index contributed by atoms with van der Waals surface area (Å²) in [7, 11) is 1.35. The average molecular weight is 379 g/mol. The fraction of sp³-hybridized carbons (Fsp3) is 0.0588. The number of nitrogens with zero attached hydrogens (tertiary/aromatic N) is 1. The topological polar surface area (TPSA) is 51.2 Å². The van der Waals surface area contributed by atoms with E-state index in [0.29, 0.717) is 20.7 Å². The van der Waals surface area contributed by atoms with Crippen molar-refractivity contribution in [3.05, 3.63) is 63.5 Å². The first-order valence-electron chi connectivity index (χ1n) is 6.93. The van der Waals surface area contributed by atoms with Gasteiger partial charge in [-0.3, -0.25) is 0 Å². The zero-order chi connectivity index (χ0) is 17.1. The molecule has 3 aromatic rings. The first kappa shape index (κ1) is 16.8. The summed E-state index contributed by atoms with van der Waals surface area (Å²) in [6, 6.07) is 12.3. The Kier molecular flexibility index (Phi) is 5.04. The Morgan fingerprint density at radius 3 is 2.79 bits per heavy atom. The first-order valence-corrected chi connectivity index (χ1v) is 8.57. The lowest BCUT2D eigenvalue weighted by atomic mass is 10.2. The maximum Gasteiger partial charge on any atom is 0.337 e. The Hall–Kier alpha value is -2.08. The maximum absolute atomic E-state index is 11.6. The lowest BCUT2D eigenvalue weighted by molar-refractivity contribution is 0.0601. The second-order valence-electron chi connectivity index (χ2n) is 4.86. The zero-order valence-electron chi connectivity index (χ0n) is 12.5. The minimum atomic E-state index is -0.383. The van der Waals surface area contributed by atoms with Gasteiger partial charge in [0.15, 0.2) is 5.13 Å². The number of carbonyl (C=O) groups is 1. The molecule has 24 heavy (non-hydrogen) atoms. The molecule has 1 heterocycles. The summed E-state index contributed by atoms with van der Waals surface area (Å²) >= 11 is 13.6. The zero-order valence-corrected chi connectivity index (χ0v) is 14.9. The maximum atomic E-state index is 11.6. The minimum absolute atomic E-state index is 0.383. The molecule has 1 aromatic heterocycles. The van der Waals surface area contributed by atoms with Gasteiger partial charge in [-0.25, -0.2) is 9.78 Å². The van der Waals surface area contributed by atoms with E-state index in [1.807, 2.05) is 17.5 Å². The van der Waals surface area contributed by atoms with Crippen molar-refractivity contribution in [2.45, 2.75) is 0 Å². The number of halogens is 2. The van der Waals surface area contributed by atoms with Crippen molar-refractivity contribution in [1.82, 2.24) is 4.98 Å². The molecule has 0 unspecified atom stereocenters. The van der Waals surface area contributed by atoms with Gasteiger partial charge in [0, 0.05) is 21.7 Å². The molecule has 7 heteroatoms. The number of esters is 1. The van der Waals surface area contributed by atoms with Crippen LogP contribution in [0.2, 0.25) is 10.0 Å². The highest BCUT2D eigenvalue weighted by Gasteiger charge is 2.10. The Morgan fingerprint density at radius 1 is 1.21 bits per heavy atom. The summed E-state index contributed by atoms with van der Waals surface area (Å²) in [5.41, 5.74) is 2.79. The molecule has 0 atom stereocenters. The van der Waals surface area contributed by atoms with Gasteiger partial charge in [0.1, 0.15) is 0 Å². The number of carbonyl (C=O) groups excluding carboxylic acids is 1. The molecule has 1 N–H and O–H groups in total. The van der Waals surface area contributed by atoms with E-state index < -0.39 is 0 Å². The molecule has 0 saturated carbocycles. The Balaban J connectivity index is 1.83. The molecule has 0 spiro atoms. The molecule has 0 aliphatic heterocycles. The molecular weight excluding hydrogens is 367 g/mol. The minimum Gasteiger partial charge on any atom is -0.465 e. The van der Waals surface area contributed by atoms with Crippen molar-refractivity contribution in [2.24, 2.45) is 0 Å². The number of rotatable bonds is 4. The van der Waals surface area contributed by atoms with Crippen molar-refractivity contribution < 1.29 is 9.53 Å². The largest absolute Gasteiger partial charge is 0.465 e. The second-order valence-corrected chi connectivity index (χ2v) is 6.56. The van der Waals surface area contributed by atoms with Gasteiger partial charge in [-0.15, -0.1) is 11.3 Å². The van der Waals surface area contributed by atoms with Crippen molar-refractivity contribution in [1.29, 1.82) is 0 Å². The van der Waals surface area contributed by atoms with Gasteiger partial charge in [-0.05, 0) is 36.4 Å². The molecule has 0 bridgehead atoms. The van der Waals surface area contributed by atoms with E-state index >= 15 is 0 Å². The highest BCUT2D eigenvalue weighted by atomic mass is 35.5. The van der Waals surface area contributed by atoms with Gasteiger partial charge in [0.25, 0.3) is 0 Å². The Labute approximate surface area is 153 Å². The molecule has 122 valence electrons. The fourth-order valence-corrected chi connectivity index (χ4v) is 3.35. The second kappa shape index (κ2) is 7.21. The van der Waals surface area contributed by atoms with Crippen molar-refractivity contribution in [3.63, 3.8) is 0 Å². The van der Waals surface area contributed by atoms with Crippen LogP contribution in [-0.4, -0.2) is 18.1 Å². The number of aromatic nitrogens is 1. The van der Waals surface area contributed by atoms with Crippen LogP contribution >= 0.6 is 34.5 Å². The highest BCUT2D eigenvalue weighted by molar-refractivity contribution is 7.14. The monoisotopic (exact) mass is 378 g/mol. The molecule has 0 fully saturated rings. The smallest absolute Gasteiger partial charge is 0.337 e. The van der Waals surface area contributed by atoms with Crippen LogP contribution in [0, 0.1) is 0 Å². The van der Waals surface area contributed by atoms with Gasteiger partial charge < -0.3 is 10.1 Å². The normalized spacial score (nSPS) is 10.5. The summed E-state index contributed by atoms with van der Waals surface area (Å²) < 4.78 is 4.72. The van der Waals surface area contributed by atoms with E-state index in [1.54, 1.807) is 30.3 Å². The molecule has 0 saturated heterocycles. The molecule has 4 nitrogen and oxygen atoms in total. The summed E-state index contributed by atoms with van der Waals surface area (Å²) in [4.78, 5) is 16.1. The van der Waals surface area contributed by atoms with Crippen LogP contribution in [0.25, 0.3) is 11.3 Å². The molecular formula is C17H12Cl2N2O2S. The number of thiazole rings is 1. The van der Waals surface area contributed by atoms with Crippen LogP contribution in [-0.2, 0) is 4.74 Å². The van der Waals surface area contributed by atoms with E-state index in [4.69, 9.17) is 27.9 Å². The summed E-state index contributed by atoms with van der Waals surface area (Å²) in [6.45, 7) is 0. The van der Waals surface area contributed by atoms with Crippen LogP contribution in [0.15, 0.2) is 47.8 Å². The molecule has 0 aliphatic carbocycles. The van der Waals surface area contributed by atoms with Crippen LogP contribution in [0.4, 0.5) is 10.8 Å². The molecule has 2 aromatic carbocycles. The highest BCUT2D eigenvalue weighted by Crippen LogP contribution is 2.33. The summed E-state index contributed by atoms with van der Waals surface area (Å²) in [5, 5.41) is 6.90. The number of hydrogen-bond donors (Lipinski definition) is 1. The summed E-state index contributed by atoms with van der Waals surface area (Å²) in [5.74, 6) is -0.383. The first-order chi connectivity index (χ1) is 11.6. The predicted molar refractivity (Wildman–Crippen MR) is 98.6 cm³/mol. The van der Waals surface area contributed by atoms with E-state index in [0.717, 1.165) is 16.9 Å². The predicted octanol–water partition coefficient (Wildman–Crippen LogP) is 5.65. The van der Waals surface area contributed by atoms with Crippen LogP contribution < -0.4 is 5.32 Å². The number of benzene rings is 2. The van der Waals surface area contributed by atoms with Crippen molar-refractivity contribution in [3.8, 4) is 11.3 Å². The number of ether oxygens (including phenoxy) is 1. The van der Waals surface area contributed by atoms with Crippen LogP contribution in [0.3, 0.4) is 0 Å². The SMILES string of the molecule is COC(=O)c1cccc(Nc2nc(-c3ccc(Cl)cc3Cl)cs2)c1. The molecule has 0 radical (unpaired) electrons. The van der Waals surface area contributed by atoms with Gasteiger partial charge >= 0.3 is 5.97 Å². The van der Waals surface area contributed by atoms with Crippen molar-refractivity contribution in [2.75, 3.05) is 12.4 Å². The average Bonchev–Trinajstić information content (AvgIpc) is 3.02. The Morgan fingerprint density at radius 2 is 2.04 bits per heavy atom. The third kappa shape index (κ3) is 3.70. The lowest BCUT2D eigenvalue weighted by Gasteiger charge is -2.05. The molecule has 0 aliphatic rings. The summed E-state index contributed by atoms with van der Waals surface area (Å²) in [6.07, 6.45) is 0. The van der Waals surface area contributed by atoms with Gasteiger partial charge in [0.2, 0.25) is 0 Å². The quantitative estimate of drug-likeness (QED) is 0.596. The number of nitrogens with one attached hydrogen (secondary N) is 1. The third-order valence-corrected chi connectivity index (χ3v) is 4.55. The van der Waals surface area contributed by atoms with Gasteiger partial charge in [-0.2, -0.15) is 0 Å². The Bertz CT molecular complexity index is 896. The molecule has 0 amide bonds. The van der Waals surface area contributed by atoms with E-state index in [9.17, 15) is 4.79 Å². The fourth-order valence-electron chi connectivity index (χ4n) is 2.12. The molecule has 3 rings (SSSR count). The number of methoxy groups -OCH3 is 1. The third-order valence-electron chi connectivity index (χ3n) is 3.25. The van der Waals surface area contributed by atoms with Crippen LogP contribution in [0.5, 0.6) is 0 Å². The van der Waals surface area contributed by atoms with Gasteiger partial charge in [-0.1, -0.05) is 29.3 Å². The number of hydrogen-bond acceptors (Lipinski definition) is 5. The van der Waals surface area contributed by atoms with E-state index in [-0.39, 0.29) is 5.97 Å². The van der Waals surface area contributed by atoms with E-state index in [1.165, 1.54) is 18.4 Å². The standard InChI is InChI=1S/C17H12Cl2N2O2S/c1-23-16(22)10-3-2-4-12(7-10)20-17-21-15(9-24-17)13-6-5-11(18)8-14(13)19/h2-9H,1H3,(H,20,21).